The molecule has 0 unspecified atom stereocenters. The van der Waals surface area contributed by atoms with Crippen molar-refractivity contribution in [3.8, 4) is 0 Å². The van der Waals surface area contributed by atoms with Gasteiger partial charge in [-0.25, -0.2) is 14.8 Å². The Morgan fingerprint density at radius 3 is 2.82 bits per heavy atom. The van der Waals surface area contributed by atoms with Gasteiger partial charge in [-0.3, -0.25) is 9.36 Å². The number of allylic oxidation sites excluding steroid dienone is 1. The average Bonchev–Trinajstić information content (AvgIpc) is 3.38. The van der Waals surface area contributed by atoms with Crippen LogP contribution in [0.2, 0.25) is 0 Å². The first-order valence-corrected chi connectivity index (χ1v) is 11.2. The Bertz CT molecular complexity index is 1250. The van der Waals surface area contributed by atoms with Crippen molar-refractivity contribution >= 4 is 46.1 Å². The highest BCUT2D eigenvalue weighted by atomic mass is 32.1. The number of ether oxygens (including phenoxy) is 1. The lowest BCUT2D eigenvalue weighted by atomic mass is 10.0. The Balaban J connectivity index is 1.96. The van der Waals surface area contributed by atoms with Crippen LogP contribution in [0.1, 0.15) is 35.3 Å². The molecule has 28 heavy (non-hydrogen) atoms. The first-order chi connectivity index (χ1) is 13.5. The fourth-order valence-electron chi connectivity index (χ4n) is 3.08. The molecule has 1 atom stereocenters. The molecule has 1 aliphatic heterocycles. The van der Waals surface area contributed by atoms with Gasteiger partial charge in [0, 0.05) is 4.88 Å². The van der Waals surface area contributed by atoms with Gasteiger partial charge >= 0.3 is 5.97 Å². The number of aromatic nitrogens is 2. The van der Waals surface area contributed by atoms with Gasteiger partial charge in [-0.15, -0.1) is 22.7 Å². The fourth-order valence-corrected chi connectivity index (χ4v) is 5.74. The highest BCUT2D eigenvalue weighted by Crippen LogP contribution is 2.33. The summed E-state index contributed by atoms with van der Waals surface area (Å²) in [6.45, 7) is 5.73. The third-order valence-electron chi connectivity index (χ3n) is 4.37. The third kappa shape index (κ3) is 3.19. The molecule has 0 bridgehead atoms. The monoisotopic (exact) mass is 431 g/mol. The number of rotatable bonds is 4. The lowest BCUT2D eigenvalue weighted by Crippen LogP contribution is -2.39. The largest absolute Gasteiger partial charge is 0.463 e. The number of aryl methyl sites for hydroxylation is 1. The van der Waals surface area contributed by atoms with Crippen molar-refractivity contribution in [3.05, 3.63) is 69.4 Å². The number of nitrogens with zero attached hydrogens (tertiary/aromatic N) is 3. The Kier molecular flexibility index (Phi) is 5.13. The predicted molar refractivity (Wildman–Crippen MR) is 112 cm³/mol. The van der Waals surface area contributed by atoms with Crippen molar-refractivity contribution in [1.29, 1.82) is 0 Å². The van der Waals surface area contributed by atoms with Crippen LogP contribution in [-0.4, -0.2) is 22.1 Å². The summed E-state index contributed by atoms with van der Waals surface area (Å²) in [4.78, 5) is 37.2. The van der Waals surface area contributed by atoms with Crippen LogP contribution < -0.4 is 14.9 Å². The van der Waals surface area contributed by atoms with Crippen LogP contribution in [0.4, 0.5) is 0 Å². The molecule has 9 heteroatoms. The van der Waals surface area contributed by atoms with Crippen molar-refractivity contribution in [2.45, 2.75) is 26.8 Å². The molecule has 6 nitrogen and oxygen atoms in total. The normalized spacial score (nSPS) is 16.8. The smallest absolute Gasteiger partial charge is 0.338 e. The van der Waals surface area contributed by atoms with Crippen molar-refractivity contribution in [3.63, 3.8) is 0 Å². The first-order valence-electron chi connectivity index (χ1n) is 8.64. The molecule has 0 aliphatic carbocycles. The SMILES string of the molecule is CCOC(=O)C1=C(C)N=c2s/c(=C/c3scnc3C)c(=O)n2[C@@H]1c1cccs1. The zero-order chi connectivity index (χ0) is 19.8. The summed E-state index contributed by atoms with van der Waals surface area (Å²) in [5.41, 5.74) is 3.48. The van der Waals surface area contributed by atoms with Crippen molar-refractivity contribution < 1.29 is 9.53 Å². The van der Waals surface area contributed by atoms with Gasteiger partial charge in [0.05, 0.1) is 38.5 Å². The van der Waals surface area contributed by atoms with Crippen molar-refractivity contribution in [2.75, 3.05) is 6.61 Å². The molecule has 4 rings (SSSR count). The van der Waals surface area contributed by atoms with Gasteiger partial charge in [-0.1, -0.05) is 17.4 Å². The highest BCUT2D eigenvalue weighted by molar-refractivity contribution is 7.11. The Morgan fingerprint density at radius 2 is 2.18 bits per heavy atom. The van der Waals surface area contributed by atoms with E-state index in [-0.39, 0.29) is 12.2 Å². The van der Waals surface area contributed by atoms with E-state index >= 15 is 0 Å². The number of hydrogen-bond acceptors (Lipinski definition) is 8. The molecule has 0 fully saturated rings. The Labute approximate surface area is 172 Å². The van der Waals surface area contributed by atoms with E-state index in [4.69, 9.17) is 4.74 Å². The number of carbonyl (C=O) groups is 1. The summed E-state index contributed by atoms with van der Waals surface area (Å²) in [5.74, 6) is -0.435. The maximum Gasteiger partial charge on any atom is 0.338 e. The highest BCUT2D eigenvalue weighted by Gasteiger charge is 2.33. The third-order valence-corrected chi connectivity index (χ3v) is 7.16. The van der Waals surface area contributed by atoms with E-state index in [1.54, 1.807) is 23.9 Å². The summed E-state index contributed by atoms with van der Waals surface area (Å²) in [6.07, 6.45) is 1.85. The van der Waals surface area contributed by atoms with E-state index < -0.39 is 12.0 Å². The lowest BCUT2D eigenvalue weighted by molar-refractivity contribution is -0.139. The van der Waals surface area contributed by atoms with Crippen LogP contribution >= 0.6 is 34.0 Å². The van der Waals surface area contributed by atoms with Crippen LogP contribution in [0, 0.1) is 6.92 Å². The minimum absolute atomic E-state index is 0.163. The molecule has 0 aromatic carbocycles. The van der Waals surface area contributed by atoms with Crippen molar-refractivity contribution in [1.82, 2.24) is 9.55 Å². The van der Waals surface area contributed by atoms with Gasteiger partial charge in [-0.2, -0.15) is 0 Å². The predicted octanol–water partition coefficient (Wildman–Crippen LogP) is 2.62. The van der Waals surface area contributed by atoms with E-state index in [0.717, 1.165) is 15.4 Å². The van der Waals surface area contributed by atoms with Crippen LogP contribution in [0.5, 0.6) is 0 Å². The first kappa shape index (κ1) is 19.0. The molecule has 0 amide bonds. The number of hydrogen-bond donors (Lipinski definition) is 0. The van der Waals surface area contributed by atoms with Crippen LogP contribution in [0.3, 0.4) is 0 Å². The molecule has 0 saturated heterocycles. The van der Waals surface area contributed by atoms with Gasteiger partial charge in [0.25, 0.3) is 5.56 Å². The molecular formula is C19H17N3O3S3. The Morgan fingerprint density at radius 1 is 1.36 bits per heavy atom. The molecule has 0 saturated carbocycles. The summed E-state index contributed by atoms with van der Waals surface area (Å²) in [6, 6.07) is 3.31. The van der Waals surface area contributed by atoms with Gasteiger partial charge in [0.2, 0.25) is 0 Å². The fraction of sp³-hybridized carbons (Fsp3) is 0.263. The number of esters is 1. The second kappa shape index (κ2) is 7.57. The van der Waals surface area contributed by atoms with E-state index in [9.17, 15) is 9.59 Å². The summed E-state index contributed by atoms with van der Waals surface area (Å²) in [5, 5.41) is 1.93. The molecule has 4 heterocycles. The second-order valence-electron chi connectivity index (χ2n) is 6.12. The Hall–Kier alpha value is -2.36. The minimum Gasteiger partial charge on any atom is -0.463 e. The van der Waals surface area contributed by atoms with Crippen molar-refractivity contribution in [2.24, 2.45) is 4.99 Å². The number of thiazole rings is 2. The second-order valence-corrected chi connectivity index (χ2v) is 8.99. The van der Waals surface area contributed by atoms with E-state index in [0.29, 0.717) is 20.6 Å². The minimum atomic E-state index is -0.528. The van der Waals surface area contributed by atoms with Gasteiger partial charge < -0.3 is 4.74 Å². The van der Waals surface area contributed by atoms with Crippen LogP contribution in [-0.2, 0) is 9.53 Å². The lowest BCUT2D eigenvalue weighted by Gasteiger charge is -2.23. The van der Waals surface area contributed by atoms with E-state index in [1.165, 1.54) is 34.0 Å². The maximum absolute atomic E-state index is 13.3. The zero-order valence-electron chi connectivity index (χ0n) is 15.5. The average molecular weight is 432 g/mol. The molecule has 3 aromatic heterocycles. The summed E-state index contributed by atoms with van der Waals surface area (Å²) in [7, 11) is 0. The van der Waals surface area contributed by atoms with E-state index in [2.05, 4.69) is 9.98 Å². The molecule has 1 aliphatic rings. The van der Waals surface area contributed by atoms with Crippen LogP contribution in [0.25, 0.3) is 6.08 Å². The molecular weight excluding hydrogens is 414 g/mol. The topological polar surface area (TPSA) is 73.6 Å². The number of thiophene rings is 1. The van der Waals surface area contributed by atoms with Crippen LogP contribution in [0.15, 0.2) is 44.1 Å². The quantitative estimate of drug-likeness (QED) is 0.595. The number of fused-ring (bicyclic) bond motifs is 1. The van der Waals surface area contributed by atoms with Gasteiger partial charge in [-0.05, 0) is 38.3 Å². The van der Waals surface area contributed by atoms with E-state index in [1.807, 2.05) is 30.5 Å². The molecule has 3 aromatic rings. The standard InChI is InChI=1S/C19H17N3O3S3/c1-4-25-18(24)15-11(3)21-19-22(16(15)12-6-5-7-26-12)17(23)14(28-19)8-13-10(2)20-9-27-13/h5-9,16H,4H2,1-3H3/b14-8+/t16-/m1/s1. The number of carbonyl (C=O) groups excluding carboxylic acids is 1. The molecule has 144 valence electrons. The summed E-state index contributed by atoms with van der Waals surface area (Å²) >= 11 is 4.32. The zero-order valence-corrected chi connectivity index (χ0v) is 17.9. The molecule has 0 radical (unpaired) electrons. The molecule has 0 spiro atoms. The van der Waals surface area contributed by atoms with Gasteiger partial charge in [0.1, 0.15) is 6.04 Å². The molecule has 0 N–H and O–H groups in total. The maximum atomic E-state index is 13.3. The summed E-state index contributed by atoms with van der Waals surface area (Å²) < 4.78 is 7.45. The van der Waals surface area contributed by atoms with Gasteiger partial charge in [0.15, 0.2) is 4.80 Å².